The minimum atomic E-state index is -0.786. The zero-order valence-electron chi connectivity index (χ0n) is 11.4. The maximum absolute atomic E-state index is 10.1. The molecular formula is C14H21N3O. The largest absolute Gasteiger partial charge is 0.389 e. The summed E-state index contributed by atoms with van der Waals surface area (Å²) in [6.07, 6.45) is 3.98. The van der Waals surface area contributed by atoms with Gasteiger partial charge < -0.3 is 14.8 Å². The molecule has 0 atom stereocenters. The van der Waals surface area contributed by atoms with Gasteiger partial charge in [-0.1, -0.05) is 6.07 Å². The second kappa shape index (κ2) is 4.37. The lowest BCUT2D eigenvalue weighted by Gasteiger charge is -2.38. The van der Waals surface area contributed by atoms with Crippen LogP contribution in [0, 0.1) is 0 Å². The van der Waals surface area contributed by atoms with Gasteiger partial charge in [0.05, 0.1) is 11.3 Å². The molecule has 0 spiro atoms. The molecule has 4 nitrogen and oxygen atoms in total. The summed E-state index contributed by atoms with van der Waals surface area (Å²) in [5, 5.41) is 13.4. The number of fused-ring (bicyclic) bond motifs is 1. The van der Waals surface area contributed by atoms with E-state index in [2.05, 4.69) is 10.3 Å². The average Bonchev–Trinajstić information content (AvgIpc) is 2.67. The molecule has 0 radical (unpaired) electrons. The Morgan fingerprint density at radius 1 is 1.28 bits per heavy atom. The van der Waals surface area contributed by atoms with Crippen LogP contribution in [0.4, 0.5) is 0 Å². The van der Waals surface area contributed by atoms with Crippen LogP contribution in [0.15, 0.2) is 30.6 Å². The zero-order chi connectivity index (χ0) is 13.4. The number of rotatable bonds is 4. The zero-order valence-corrected chi connectivity index (χ0v) is 11.4. The molecule has 18 heavy (non-hydrogen) atoms. The first-order valence-electron chi connectivity index (χ1n) is 6.20. The van der Waals surface area contributed by atoms with Gasteiger partial charge in [0.15, 0.2) is 0 Å². The van der Waals surface area contributed by atoms with Gasteiger partial charge in [-0.05, 0) is 39.8 Å². The number of aromatic nitrogens is 2. The van der Waals surface area contributed by atoms with Crippen LogP contribution < -0.4 is 5.32 Å². The minimum absolute atomic E-state index is 0.372. The molecule has 2 aromatic heterocycles. The number of pyridine rings is 1. The van der Waals surface area contributed by atoms with Gasteiger partial charge in [0.25, 0.3) is 0 Å². The number of nitrogens with zero attached hydrogens (tertiary/aromatic N) is 2. The molecule has 98 valence electrons. The van der Waals surface area contributed by atoms with Crippen molar-refractivity contribution < 1.29 is 5.11 Å². The van der Waals surface area contributed by atoms with Crippen molar-refractivity contribution in [1.29, 1.82) is 0 Å². The van der Waals surface area contributed by atoms with Crippen LogP contribution in [0.2, 0.25) is 0 Å². The normalized spacial score (nSPS) is 13.2. The Bertz CT molecular complexity index is 504. The summed E-state index contributed by atoms with van der Waals surface area (Å²) in [6.45, 7) is 8.23. The van der Waals surface area contributed by atoms with Gasteiger partial charge >= 0.3 is 0 Å². The molecule has 2 aromatic rings. The van der Waals surface area contributed by atoms with E-state index in [0.717, 1.165) is 11.3 Å². The molecule has 0 fully saturated rings. The van der Waals surface area contributed by atoms with E-state index in [0.29, 0.717) is 6.54 Å². The molecule has 0 unspecified atom stereocenters. The van der Waals surface area contributed by atoms with E-state index in [9.17, 15) is 5.11 Å². The summed E-state index contributed by atoms with van der Waals surface area (Å²) in [7, 11) is 0. The molecule has 0 bridgehead atoms. The van der Waals surface area contributed by atoms with Crippen LogP contribution in [0.25, 0.3) is 5.65 Å². The van der Waals surface area contributed by atoms with Crippen LogP contribution in [-0.2, 0) is 6.54 Å². The Labute approximate surface area is 108 Å². The Kier molecular flexibility index (Phi) is 3.17. The van der Waals surface area contributed by atoms with Crippen LogP contribution in [0.3, 0.4) is 0 Å². The van der Waals surface area contributed by atoms with Crippen LogP contribution in [-0.4, -0.2) is 25.6 Å². The van der Waals surface area contributed by atoms with Crippen molar-refractivity contribution in [3.63, 3.8) is 0 Å². The molecule has 2 heterocycles. The lowest BCUT2D eigenvalue weighted by atomic mass is 9.86. The lowest BCUT2D eigenvalue weighted by Crippen LogP contribution is -2.55. The van der Waals surface area contributed by atoms with Crippen molar-refractivity contribution in [1.82, 2.24) is 14.7 Å². The van der Waals surface area contributed by atoms with E-state index >= 15 is 0 Å². The topological polar surface area (TPSA) is 49.6 Å². The van der Waals surface area contributed by atoms with Crippen LogP contribution in [0.5, 0.6) is 0 Å². The number of hydrogen-bond donors (Lipinski definition) is 2. The van der Waals surface area contributed by atoms with Gasteiger partial charge in [0.1, 0.15) is 5.65 Å². The molecule has 0 aliphatic heterocycles. The summed E-state index contributed by atoms with van der Waals surface area (Å²) in [6, 6.07) is 5.93. The van der Waals surface area contributed by atoms with Crippen molar-refractivity contribution >= 4 is 5.65 Å². The highest BCUT2D eigenvalue weighted by atomic mass is 16.3. The van der Waals surface area contributed by atoms with E-state index in [1.165, 1.54) is 0 Å². The molecule has 4 heteroatoms. The molecule has 0 amide bonds. The quantitative estimate of drug-likeness (QED) is 0.868. The average molecular weight is 247 g/mol. The van der Waals surface area contributed by atoms with Crippen LogP contribution in [0.1, 0.15) is 33.4 Å². The highest BCUT2D eigenvalue weighted by Gasteiger charge is 2.34. The van der Waals surface area contributed by atoms with Crippen molar-refractivity contribution in [3.8, 4) is 0 Å². The summed E-state index contributed by atoms with van der Waals surface area (Å²) in [5.74, 6) is 0. The highest BCUT2D eigenvalue weighted by Crippen LogP contribution is 2.21. The molecule has 0 saturated carbocycles. The minimum Gasteiger partial charge on any atom is -0.389 e. The van der Waals surface area contributed by atoms with Gasteiger partial charge in [0.2, 0.25) is 0 Å². The third kappa shape index (κ3) is 2.54. The number of hydrogen-bond acceptors (Lipinski definition) is 3. The fraction of sp³-hybridized carbons (Fsp3) is 0.500. The van der Waals surface area contributed by atoms with E-state index in [1.54, 1.807) is 0 Å². The maximum atomic E-state index is 10.1. The van der Waals surface area contributed by atoms with Crippen molar-refractivity contribution in [3.05, 3.63) is 36.3 Å². The second-order valence-electron chi connectivity index (χ2n) is 5.74. The lowest BCUT2D eigenvalue weighted by molar-refractivity contribution is -0.00543. The molecule has 0 aliphatic rings. The molecule has 2 N–H and O–H groups in total. The molecular weight excluding hydrogens is 226 g/mol. The maximum Gasteiger partial charge on any atom is 0.137 e. The van der Waals surface area contributed by atoms with Crippen molar-refractivity contribution in [2.45, 2.75) is 45.4 Å². The summed E-state index contributed by atoms with van der Waals surface area (Å²) in [4.78, 5) is 4.52. The Morgan fingerprint density at radius 3 is 2.61 bits per heavy atom. The van der Waals surface area contributed by atoms with E-state index in [-0.39, 0.29) is 5.54 Å². The van der Waals surface area contributed by atoms with Gasteiger partial charge in [-0.15, -0.1) is 0 Å². The Hall–Kier alpha value is -1.39. The van der Waals surface area contributed by atoms with Crippen LogP contribution >= 0.6 is 0 Å². The molecule has 0 saturated heterocycles. The third-order valence-corrected chi connectivity index (χ3v) is 3.65. The highest BCUT2D eigenvalue weighted by molar-refractivity contribution is 5.39. The standard InChI is InChI=1S/C14H21N3O/c1-13(2,14(3,4)18)15-9-11-10-17-8-6-5-7-12(17)16-11/h5-8,10,15,18H,9H2,1-4H3. The van der Waals surface area contributed by atoms with E-state index in [4.69, 9.17) is 0 Å². The van der Waals surface area contributed by atoms with E-state index < -0.39 is 5.60 Å². The van der Waals surface area contributed by atoms with Crippen molar-refractivity contribution in [2.75, 3.05) is 0 Å². The third-order valence-electron chi connectivity index (χ3n) is 3.65. The van der Waals surface area contributed by atoms with Gasteiger partial charge in [-0.25, -0.2) is 4.98 Å². The molecule has 0 aliphatic carbocycles. The van der Waals surface area contributed by atoms with Crippen molar-refractivity contribution in [2.24, 2.45) is 0 Å². The van der Waals surface area contributed by atoms with Gasteiger partial charge in [-0.3, -0.25) is 0 Å². The predicted molar refractivity (Wildman–Crippen MR) is 72.4 cm³/mol. The Balaban J connectivity index is 2.11. The number of nitrogens with one attached hydrogen (secondary N) is 1. The number of imidazole rings is 1. The fourth-order valence-corrected chi connectivity index (χ4v) is 1.60. The fourth-order valence-electron chi connectivity index (χ4n) is 1.60. The molecule has 0 aromatic carbocycles. The van der Waals surface area contributed by atoms with Gasteiger partial charge in [0, 0.05) is 24.5 Å². The van der Waals surface area contributed by atoms with E-state index in [1.807, 2.05) is 62.7 Å². The summed E-state index contributed by atoms with van der Waals surface area (Å²) in [5.41, 5.74) is 0.753. The first-order chi connectivity index (χ1) is 8.29. The number of aliphatic hydroxyl groups is 1. The van der Waals surface area contributed by atoms with Gasteiger partial charge in [-0.2, -0.15) is 0 Å². The summed E-state index contributed by atoms with van der Waals surface area (Å²) >= 11 is 0. The summed E-state index contributed by atoms with van der Waals surface area (Å²) < 4.78 is 1.99. The first kappa shape index (κ1) is 13.1. The smallest absolute Gasteiger partial charge is 0.137 e. The SMILES string of the molecule is CC(C)(O)C(C)(C)NCc1cn2ccccc2n1. The second-order valence-corrected chi connectivity index (χ2v) is 5.74. The predicted octanol–water partition coefficient (Wildman–Crippen LogP) is 1.97. The monoisotopic (exact) mass is 247 g/mol. The molecule has 2 rings (SSSR count). The first-order valence-corrected chi connectivity index (χ1v) is 6.20. The Morgan fingerprint density at radius 2 is 2.00 bits per heavy atom.